The van der Waals surface area contributed by atoms with E-state index in [2.05, 4.69) is 15.4 Å². The van der Waals surface area contributed by atoms with E-state index in [0.29, 0.717) is 13.1 Å². The van der Waals surface area contributed by atoms with Crippen LogP contribution < -0.4 is 5.32 Å². The Balaban J connectivity index is 1.50. The molecule has 0 bridgehead atoms. The van der Waals surface area contributed by atoms with Crippen molar-refractivity contribution < 1.29 is 4.79 Å². The number of aromatic nitrogens is 3. The van der Waals surface area contributed by atoms with Gasteiger partial charge in [-0.05, 0) is 29.7 Å². The molecule has 3 rings (SSSR count). The molecule has 5 heteroatoms. The summed E-state index contributed by atoms with van der Waals surface area (Å²) < 4.78 is 1.77. The van der Waals surface area contributed by atoms with E-state index in [1.54, 1.807) is 17.1 Å². The van der Waals surface area contributed by atoms with Gasteiger partial charge in [-0.25, -0.2) is 9.67 Å². The highest BCUT2D eigenvalue weighted by molar-refractivity contribution is 5.91. The molecule has 0 fully saturated rings. The van der Waals surface area contributed by atoms with Crippen molar-refractivity contribution in [3.05, 3.63) is 89.5 Å². The lowest BCUT2D eigenvalue weighted by molar-refractivity contribution is -0.116. The molecule has 1 amide bonds. The number of nitrogens with zero attached hydrogens (tertiary/aromatic N) is 3. The molecule has 0 aliphatic heterocycles. The van der Waals surface area contributed by atoms with Crippen molar-refractivity contribution in [3.8, 4) is 0 Å². The van der Waals surface area contributed by atoms with E-state index in [4.69, 9.17) is 0 Å². The quantitative estimate of drug-likeness (QED) is 0.706. The molecule has 0 radical (unpaired) electrons. The highest BCUT2D eigenvalue weighted by Crippen LogP contribution is 2.07. The first kappa shape index (κ1) is 16.6. The Morgan fingerprint density at radius 2 is 1.96 bits per heavy atom. The van der Waals surface area contributed by atoms with Crippen LogP contribution in [-0.4, -0.2) is 20.7 Å². The van der Waals surface area contributed by atoms with Crippen LogP contribution in [0.5, 0.6) is 0 Å². The standard InChI is InChI=1S/C20H20N4O/c1-16-3-2-4-17(11-16)9-10-20(25)22-12-18-5-7-19(8-6-18)13-24-15-21-14-23-24/h2-11,14-15H,12-13H2,1H3,(H,22,25)/b10-9+. The van der Waals surface area contributed by atoms with E-state index < -0.39 is 0 Å². The summed E-state index contributed by atoms with van der Waals surface area (Å²) in [5.41, 5.74) is 4.39. The van der Waals surface area contributed by atoms with E-state index in [1.165, 1.54) is 11.9 Å². The SMILES string of the molecule is Cc1cccc(/C=C/C(=O)NCc2ccc(Cn3cncn3)cc2)c1. The molecular formula is C20H20N4O. The molecular weight excluding hydrogens is 312 g/mol. The summed E-state index contributed by atoms with van der Waals surface area (Å²) in [5, 5.41) is 6.98. The molecule has 5 nitrogen and oxygen atoms in total. The first-order valence-electron chi connectivity index (χ1n) is 8.12. The zero-order valence-electron chi connectivity index (χ0n) is 14.1. The molecule has 1 aromatic heterocycles. The first-order valence-corrected chi connectivity index (χ1v) is 8.12. The molecule has 1 heterocycles. The molecule has 0 unspecified atom stereocenters. The number of hydrogen-bond donors (Lipinski definition) is 1. The molecule has 2 aromatic carbocycles. The van der Waals surface area contributed by atoms with Gasteiger partial charge in [0.2, 0.25) is 5.91 Å². The Morgan fingerprint density at radius 1 is 1.16 bits per heavy atom. The van der Waals surface area contributed by atoms with Crippen LogP contribution in [0.15, 0.2) is 67.3 Å². The predicted molar refractivity (Wildman–Crippen MR) is 97.6 cm³/mol. The van der Waals surface area contributed by atoms with Crippen LogP contribution in [0, 0.1) is 6.92 Å². The minimum absolute atomic E-state index is 0.104. The number of amides is 1. The smallest absolute Gasteiger partial charge is 0.244 e. The number of carbonyl (C=O) groups excluding carboxylic acids is 1. The van der Waals surface area contributed by atoms with Gasteiger partial charge in [-0.2, -0.15) is 5.10 Å². The van der Waals surface area contributed by atoms with Crippen molar-refractivity contribution in [2.24, 2.45) is 0 Å². The fourth-order valence-corrected chi connectivity index (χ4v) is 2.46. The van der Waals surface area contributed by atoms with Crippen molar-refractivity contribution in [2.45, 2.75) is 20.0 Å². The van der Waals surface area contributed by atoms with Crippen molar-refractivity contribution in [2.75, 3.05) is 0 Å². The number of benzene rings is 2. The van der Waals surface area contributed by atoms with Gasteiger partial charge in [0.25, 0.3) is 0 Å². The van der Waals surface area contributed by atoms with E-state index in [9.17, 15) is 4.79 Å². The van der Waals surface area contributed by atoms with E-state index in [1.807, 2.05) is 61.5 Å². The normalized spacial score (nSPS) is 10.9. The molecule has 0 spiro atoms. The van der Waals surface area contributed by atoms with Gasteiger partial charge < -0.3 is 5.32 Å². The van der Waals surface area contributed by atoms with Gasteiger partial charge in [0, 0.05) is 12.6 Å². The third-order valence-electron chi connectivity index (χ3n) is 3.77. The summed E-state index contributed by atoms with van der Waals surface area (Å²) in [6, 6.07) is 16.1. The van der Waals surface area contributed by atoms with E-state index in [-0.39, 0.29) is 5.91 Å². The third-order valence-corrected chi connectivity index (χ3v) is 3.77. The minimum Gasteiger partial charge on any atom is -0.348 e. The molecule has 25 heavy (non-hydrogen) atoms. The second-order valence-electron chi connectivity index (χ2n) is 5.87. The van der Waals surface area contributed by atoms with Gasteiger partial charge >= 0.3 is 0 Å². The van der Waals surface area contributed by atoms with Crippen molar-refractivity contribution >= 4 is 12.0 Å². The summed E-state index contributed by atoms with van der Waals surface area (Å²) in [6.45, 7) is 3.22. The summed E-state index contributed by atoms with van der Waals surface area (Å²) in [5.74, 6) is -0.104. The Morgan fingerprint density at radius 3 is 2.68 bits per heavy atom. The number of aryl methyl sites for hydroxylation is 1. The molecule has 0 aliphatic carbocycles. The third kappa shape index (κ3) is 5.14. The van der Waals surface area contributed by atoms with Crippen LogP contribution in [0.3, 0.4) is 0 Å². The van der Waals surface area contributed by atoms with Gasteiger partial charge in [-0.3, -0.25) is 4.79 Å². The maximum atomic E-state index is 11.9. The largest absolute Gasteiger partial charge is 0.348 e. The van der Waals surface area contributed by atoms with Crippen LogP contribution in [0.1, 0.15) is 22.3 Å². The molecule has 0 atom stereocenters. The summed E-state index contributed by atoms with van der Waals surface area (Å²) >= 11 is 0. The Bertz CT molecular complexity index is 852. The fourth-order valence-electron chi connectivity index (χ4n) is 2.46. The highest BCUT2D eigenvalue weighted by atomic mass is 16.1. The van der Waals surface area contributed by atoms with Gasteiger partial charge in [0.1, 0.15) is 12.7 Å². The van der Waals surface area contributed by atoms with Crippen LogP contribution in [0.4, 0.5) is 0 Å². The van der Waals surface area contributed by atoms with Crippen LogP contribution in [0.2, 0.25) is 0 Å². The molecule has 0 aliphatic rings. The van der Waals surface area contributed by atoms with Crippen molar-refractivity contribution in [3.63, 3.8) is 0 Å². The Hall–Kier alpha value is -3.21. The zero-order valence-corrected chi connectivity index (χ0v) is 14.1. The highest BCUT2D eigenvalue weighted by Gasteiger charge is 1.99. The zero-order chi connectivity index (χ0) is 17.5. The van der Waals surface area contributed by atoms with Gasteiger partial charge in [-0.1, -0.05) is 54.1 Å². The first-order chi connectivity index (χ1) is 12.2. The number of hydrogen-bond acceptors (Lipinski definition) is 3. The topological polar surface area (TPSA) is 59.8 Å². The lowest BCUT2D eigenvalue weighted by atomic mass is 10.1. The van der Waals surface area contributed by atoms with E-state index >= 15 is 0 Å². The molecule has 3 aromatic rings. The maximum Gasteiger partial charge on any atom is 0.244 e. The number of carbonyl (C=O) groups is 1. The number of nitrogens with one attached hydrogen (secondary N) is 1. The van der Waals surface area contributed by atoms with Crippen LogP contribution in [-0.2, 0) is 17.9 Å². The molecule has 0 saturated heterocycles. The van der Waals surface area contributed by atoms with Gasteiger partial charge in [0.05, 0.1) is 6.54 Å². The average molecular weight is 332 g/mol. The van der Waals surface area contributed by atoms with Crippen LogP contribution >= 0.6 is 0 Å². The minimum atomic E-state index is -0.104. The Kier molecular flexibility index (Phi) is 5.36. The lowest BCUT2D eigenvalue weighted by Crippen LogP contribution is -2.20. The van der Waals surface area contributed by atoms with Crippen molar-refractivity contribution in [1.29, 1.82) is 0 Å². The second-order valence-corrected chi connectivity index (χ2v) is 5.87. The van der Waals surface area contributed by atoms with E-state index in [0.717, 1.165) is 16.7 Å². The van der Waals surface area contributed by atoms with Gasteiger partial charge in [0.15, 0.2) is 0 Å². The predicted octanol–water partition coefficient (Wildman–Crippen LogP) is 2.96. The molecule has 0 saturated carbocycles. The monoisotopic (exact) mass is 332 g/mol. The Labute approximate surface area is 147 Å². The molecule has 126 valence electrons. The maximum absolute atomic E-state index is 11.9. The average Bonchev–Trinajstić information content (AvgIpc) is 3.12. The summed E-state index contributed by atoms with van der Waals surface area (Å²) in [6.07, 6.45) is 6.60. The van der Waals surface area contributed by atoms with Gasteiger partial charge in [-0.15, -0.1) is 0 Å². The van der Waals surface area contributed by atoms with Crippen molar-refractivity contribution in [1.82, 2.24) is 20.1 Å². The summed E-state index contributed by atoms with van der Waals surface area (Å²) in [4.78, 5) is 15.9. The fraction of sp³-hybridized carbons (Fsp3) is 0.150. The number of rotatable bonds is 6. The molecule has 1 N–H and O–H groups in total. The lowest BCUT2D eigenvalue weighted by Gasteiger charge is -2.05. The van der Waals surface area contributed by atoms with Crippen LogP contribution in [0.25, 0.3) is 6.08 Å². The summed E-state index contributed by atoms with van der Waals surface area (Å²) in [7, 11) is 0. The second kappa shape index (κ2) is 8.06.